The van der Waals surface area contributed by atoms with Gasteiger partial charge in [-0.2, -0.15) is 0 Å². The summed E-state index contributed by atoms with van der Waals surface area (Å²) < 4.78 is 10.1. The summed E-state index contributed by atoms with van der Waals surface area (Å²) in [6, 6.07) is 3.99. The zero-order valence-electron chi connectivity index (χ0n) is 24.5. The number of alkyl carbamates (subject to hydrolysis) is 1. The van der Waals surface area contributed by atoms with Gasteiger partial charge in [-0.3, -0.25) is 14.4 Å². The smallest absolute Gasteiger partial charge is 0.408 e. The van der Waals surface area contributed by atoms with Gasteiger partial charge in [-0.15, -0.1) is 0 Å². The first-order valence-corrected chi connectivity index (χ1v) is 13.7. The predicted octanol–water partition coefficient (Wildman–Crippen LogP) is 4.46. The summed E-state index contributed by atoms with van der Waals surface area (Å²) in [7, 11) is 1.21. The second-order valence-electron chi connectivity index (χ2n) is 11.1. The van der Waals surface area contributed by atoms with Crippen LogP contribution in [-0.2, 0) is 23.9 Å². The number of nitrogens with one attached hydrogen (secondary N) is 2. The van der Waals surface area contributed by atoms with Gasteiger partial charge >= 0.3 is 12.1 Å². The molecule has 220 valence electrons. The van der Waals surface area contributed by atoms with Crippen molar-refractivity contribution in [2.24, 2.45) is 5.92 Å². The average molecular weight is 550 g/mol. The topological polar surface area (TPSA) is 134 Å². The predicted molar refractivity (Wildman–Crippen MR) is 149 cm³/mol. The molecular weight excluding hydrogens is 502 g/mol. The van der Waals surface area contributed by atoms with Crippen molar-refractivity contribution in [2.75, 3.05) is 20.2 Å². The number of unbranched alkanes of at least 4 members (excludes halogenated alkanes) is 4. The van der Waals surface area contributed by atoms with Crippen molar-refractivity contribution < 1.29 is 33.8 Å². The highest BCUT2D eigenvalue weighted by atomic mass is 16.6. The molecule has 0 aliphatic rings. The molecule has 0 aliphatic heterocycles. The molecule has 0 aliphatic carbocycles. The summed E-state index contributed by atoms with van der Waals surface area (Å²) in [5.74, 6) is -1.72. The molecule has 3 N–H and O–H groups in total. The molecule has 2 atom stereocenters. The van der Waals surface area contributed by atoms with Crippen LogP contribution in [0.2, 0.25) is 0 Å². The Morgan fingerprint density at radius 2 is 1.72 bits per heavy atom. The van der Waals surface area contributed by atoms with Gasteiger partial charge in [0.2, 0.25) is 11.8 Å². The van der Waals surface area contributed by atoms with Gasteiger partial charge < -0.3 is 30.1 Å². The van der Waals surface area contributed by atoms with Gasteiger partial charge in [0.15, 0.2) is 0 Å². The number of nitrogens with zero attached hydrogens (tertiary/aromatic N) is 1. The SMILES string of the molecule is CCCCCCCN(C(=O)C(CC(C)C)NC(=O)OC(C)(C)C)C(C(=O)NCC(=O)OC)c1cccc(O)c1. The van der Waals surface area contributed by atoms with Crippen LogP contribution in [0.5, 0.6) is 5.75 Å². The van der Waals surface area contributed by atoms with Crippen LogP contribution in [0.4, 0.5) is 4.79 Å². The Bertz CT molecular complexity index is 943. The third-order valence-electron chi connectivity index (χ3n) is 5.86. The minimum Gasteiger partial charge on any atom is -0.508 e. The quantitative estimate of drug-likeness (QED) is 0.217. The molecule has 0 saturated carbocycles. The van der Waals surface area contributed by atoms with Crippen LogP contribution >= 0.6 is 0 Å². The number of esters is 1. The molecular formula is C29H47N3O7. The molecule has 0 radical (unpaired) electrons. The number of benzene rings is 1. The van der Waals surface area contributed by atoms with Crippen molar-refractivity contribution >= 4 is 23.9 Å². The number of carbonyl (C=O) groups excluding carboxylic acids is 4. The Morgan fingerprint density at radius 1 is 1.05 bits per heavy atom. The van der Waals surface area contributed by atoms with E-state index < -0.39 is 41.6 Å². The number of methoxy groups -OCH3 is 1. The number of carbonyl (C=O) groups is 4. The number of hydrogen-bond acceptors (Lipinski definition) is 7. The zero-order valence-corrected chi connectivity index (χ0v) is 24.5. The van der Waals surface area contributed by atoms with Gasteiger partial charge in [0.25, 0.3) is 0 Å². The van der Waals surface area contributed by atoms with Crippen molar-refractivity contribution in [3.63, 3.8) is 0 Å². The van der Waals surface area contributed by atoms with Crippen LogP contribution in [0.1, 0.15) is 91.7 Å². The third kappa shape index (κ3) is 12.9. The lowest BCUT2D eigenvalue weighted by Crippen LogP contribution is -2.54. The Kier molecular flexibility index (Phi) is 14.4. The number of ether oxygens (including phenoxy) is 2. The number of amides is 3. The van der Waals surface area contributed by atoms with Crippen molar-refractivity contribution in [1.82, 2.24) is 15.5 Å². The van der Waals surface area contributed by atoms with Crippen LogP contribution in [0.15, 0.2) is 24.3 Å². The first kappa shape index (κ1) is 33.7. The summed E-state index contributed by atoms with van der Waals surface area (Å²) in [5.41, 5.74) is -0.383. The summed E-state index contributed by atoms with van der Waals surface area (Å²) in [6.07, 6.45) is 4.17. The van der Waals surface area contributed by atoms with E-state index in [0.29, 0.717) is 18.4 Å². The van der Waals surface area contributed by atoms with Crippen LogP contribution in [0.25, 0.3) is 0 Å². The van der Waals surface area contributed by atoms with E-state index in [1.807, 2.05) is 13.8 Å². The fourth-order valence-corrected chi connectivity index (χ4v) is 4.09. The van der Waals surface area contributed by atoms with Gasteiger partial charge in [-0.05, 0) is 57.2 Å². The Balaban J connectivity index is 3.47. The number of phenolic OH excluding ortho intramolecular Hbond substituents is 1. The number of aromatic hydroxyl groups is 1. The van der Waals surface area contributed by atoms with Crippen LogP contribution < -0.4 is 10.6 Å². The zero-order chi connectivity index (χ0) is 29.6. The average Bonchev–Trinajstić information content (AvgIpc) is 2.84. The molecule has 1 rings (SSSR count). The molecule has 0 saturated heterocycles. The van der Waals surface area contributed by atoms with Crippen molar-refractivity contribution in [2.45, 2.75) is 97.8 Å². The Hall–Kier alpha value is -3.30. The van der Waals surface area contributed by atoms with E-state index in [1.54, 1.807) is 32.9 Å². The standard InChI is InChI=1S/C29H47N3O7/c1-8-9-10-11-12-16-32(27(36)23(17-20(2)3)31-28(37)39-29(4,5)6)25(21-14-13-15-22(33)18-21)26(35)30-19-24(34)38-7/h13-15,18,20,23,25,33H,8-12,16-17,19H2,1-7H3,(H,30,35)(H,31,37). The lowest BCUT2D eigenvalue weighted by atomic mass is 9.98. The molecule has 0 aromatic heterocycles. The lowest BCUT2D eigenvalue weighted by Gasteiger charge is -2.35. The van der Waals surface area contributed by atoms with Crippen LogP contribution in [0, 0.1) is 5.92 Å². The van der Waals surface area contributed by atoms with E-state index in [-0.39, 0.29) is 24.8 Å². The van der Waals surface area contributed by atoms with Gasteiger partial charge in [0.1, 0.15) is 30.0 Å². The molecule has 1 aromatic rings. The maximum absolute atomic E-state index is 14.1. The fraction of sp³-hybridized carbons (Fsp3) is 0.655. The monoisotopic (exact) mass is 549 g/mol. The molecule has 2 unspecified atom stereocenters. The molecule has 0 fully saturated rings. The largest absolute Gasteiger partial charge is 0.508 e. The van der Waals surface area contributed by atoms with E-state index in [9.17, 15) is 24.3 Å². The molecule has 1 aromatic carbocycles. The Morgan fingerprint density at radius 3 is 2.28 bits per heavy atom. The van der Waals surface area contributed by atoms with Gasteiger partial charge in [0.05, 0.1) is 7.11 Å². The van der Waals surface area contributed by atoms with E-state index in [2.05, 4.69) is 22.3 Å². The van der Waals surface area contributed by atoms with E-state index in [1.165, 1.54) is 24.1 Å². The maximum atomic E-state index is 14.1. The number of phenols is 1. The molecule has 3 amide bonds. The molecule has 0 spiro atoms. The third-order valence-corrected chi connectivity index (χ3v) is 5.86. The van der Waals surface area contributed by atoms with Gasteiger partial charge in [-0.25, -0.2) is 4.79 Å². The van der Waals surface area contributed by atoms with Crippen molar-refractivity contribution in [3.05, 3.63) is 29.8 Å². The summed E-state index contributed by atoms with van der Waals surface area (Å²) >= 11 is 0. The molecule has 0 bridgehead atoms. The fourth-order valence-electron chi connectivity index (χ4n) is 4.09. The lowest BCUT2D eigenvalue weighted by molar-refractivity contribution is -0.145. The van der Waals surface area contributed by atoms with Crippen molar-refractivity contribution in [1.29, 1.82) is 0 Å². The maximum Gasteiger partial charge on any atom is 0.408 e. The van der Waals surface area contributed by atoms with Crippen LogP contribution in [-0.4, -0.2) is 65.7 Å². The summed E-state index contributed by atoms with van der Waals surface area (Å²) in [5, 5.41) is 15.4. The van der Waals surface area contributed by atoms with Gasteiger partial charge in [0, 0.05) is 6.54 Å². The normalized spacial score (nSPS) is 12.8. The van der Waals surface area contributed by atoms with Crippen LogP contribution in [0.3, 0.4) is 0 Å². The van der Waals surface area contributed by atoms with Crippen molar-refractivity contribution in [3.8, 4) is 5.75 Å². The second-order valence-corrected chi connectivity index (χ2v) is 11.1. The summed E-state index contributed by atoms with van der Waals surface area (Å²) in [4.78, 5) is 53.5. The molecule has 39 heavy (non-hydrogen) atoms. The number of hydrogen-bond donors (Lipinski definition) is 3. The first-order valence-electron chi connectivity index (χ1n) is 13.7. The molecule has 10 heteroatoms. The number of rotatable bonds is 15. The van der Waals surface area contributed by atoms with E-state index >= 15 is 0 Å². The minimum atomic E-state index is -1.16. The van der Waals surface area contributed by atoms with Gasteiger partial charge in [-0.1, -0.05) is 58.6 Å². The highest BCUT2D eigenvalue weighted by Crippen LogP contribution is 2.27. The highest BCUT2D eigenvalue weighted by molar-refractivity contribution is 5.93. The summed E-state index contributed by atoms with van der Waals surface area (Å²) in [6.45, 7) is 11.0. The Labute approximate surface area is 232 Å². The highest BCUT2D eigenvalue weighted by Gasteiger charge is 2.36. The minimum absolute atomic E-state index is 0.0488. The second kappa shape index (κ2) is 16.6. The first-order chi connectivity index (χ1) is 18.3. The van der Waals surface area contributed by atoms with E-state index in [4.69, 9.17) is 4.74 Å². The van der Waals surface area contributed by atoms with E-state index in [0.717, 1.165) is 25.7 Å². The molecule has 10 nitrogen and oxygen atoms in total. The molecule has 0 heterocycles.